The average Bonchev–Trinajstić information content (AvgIpc) is 2.46. The molecule has 6 nitrogen and oxygen atoms in total. The zero-order chi connectivity index (χ0) is 14.8. The van der Waals surface area contributed by atoms with Gasteiger partial charge in [-0.2, -0.15) is 0 Å². The number of amides is 1. The Bertz CT molecular complexity index is 449. The van der Waals surface area contributed by atoms with Crippen LogP contribution in [-0.4, -0.2) is 25.7 Å². The van der Waals surface area contributed by atoms with Crippen LogP contribution >= 0.6 is 24.0 Å². The summed E-state index contributed by atoms with van der Waals surface area (Å²) >= 11 is 0. The molecule has 21 heavy (non-hydrogen) atoms. The standard InChI is InChI=1S/C14H22N4O2.HI/c1-3-4-9-16-13(15)17-10-11-5-7-12(8-6-11)18-14(19)20-2;/h5-8H,3-4,9-10H2,1-2H3,(H,18,19)(H3,15,16,17);1H. The van der Waals surface area contributed by atoms with Gasteiger partial charge in [0, 0.05) is 12.2 Å². The number of carbonyl (C=O) groups is 1. The summed E-state index contributed by atoms with van der Waals surface area (Å²) in [5.41, 5.74) is 7.44. The molecule has 118 valence electrons. The van der Waals surface area contributed by atoms with Gasteiger partial charge >= 0.3 is 6.09 Å². The highest BCUT2D eigenvalue weighted by atomic mass is 127. The van der Waals surface area contributed by atoms with E-state index < -0.39 is 6.09 Å². The smallest absolute Gasteiger partial charge is 0.411 e. The number of nitrogens with one attached hydrogen (secondary N) is 2. The topological polar surface area (TPSA) is 88.7 Å². The lowest BCUT2D eigenvalue weighted by Crippen LogP contribution is -2.32. The lowest BCUT2D eigenvalue weighted by Gasteiger charge is -2.06. The fourth-order valence-corrected chi connectivity index (χ4v) is 1.49. The second-order valence-corrected chi connectivity index (χ2v) is 4.30. The van der Waals surface area contributed by atoms with E-state index in [0.29, 0.717) is 18.2 Å². The molecule has 0 aliphatic heterocycles. The van der Waals surface area contributed by atoms with Gasteiger partial charge < -0.3 is 15.8 Å². The normalized spacial score (nSPS) is 10.5. The highest BCUT2D eigenvalue weighted by molar-refractivity contribution is 14.0. The quantitative estimate of drug-likeness (QED) is 0.293. The first-order valence-corrected chi connectivity index (χ1v) is 6.63. The van der Waals surface area contributed by atoms with Gasteiger partial charge in [-0.15, -0.1) is 24.0 Å². The third-order valence-corrected chi connectivity index (χ3v) is 2.65. The van der Waals surface area contributed by atoms with E-state index in [9.17, 15) is 4.79 Å². The van der Waals surface area contributed by atoms with E-state index in [1.165, 1.54) is 7.11 Å². The first-order chi connectivity index (χ1) is 9.65. The number of nitrogens with zero attached hydrogens (tertiary/aromatic N) is 1. The van der Waals surface area contributed by atoms with Crippen LogP contribution in [0, 0.1) is 0 Å². The molecule has 0 atom stereocenters. The van der Waals surface area contributed by atoms with Gasteiger partial charge in [0.2, 0.25) is 0 Å². The van der Waals surface area contributed by atoms with Crippen molar-refractivity contribution in [2.75, 3.05) is 19.0 Å². The summed E-state index contributed by atoms with van der Waals surface area (Å²) in [6.45, 7) is 3.47. The summed E-state index contributed by atoms with van der Waals surface area (Å²) < 4.78 is 4.51. The average molecular weight is 406 g/mol. The maximum absolute atomic E-state index is 11.0. The first-order valence-electron chi connectivity index (χ1n) is 6.63. The van der Waals surface area contributed by atoms with Crippen LogP contribution < -0.4 is 16.4 Å². The molecular weight excluding hydrogens is 383 g/mol. The molecule has 7 heteroatoms. The number of hydrogen-bond acceptors (Lipinski definition) is 3. The Labute approximate surface area is 142 Å². The highest BCUT2D eigenvalue weighted by Crippen LogP contribution is 2.10. The molecule has 0 aliphatic carbocycles. The van der Waals surface area contributed by atoms with E-state index in [2.05, 4.69) is 27.3 Å². The Hall–Kier alpha value is -1.51. The van der Waals surface area contributed by atoms with Gasteiger partial charge in [0.05, 0.1) is 13.7 Å². The van der Waals surface area contributed by atoms with Crippen molar-refractivity contribution in [3.8, 4) is 0 Å². The van der Waals surface area contributed by atoms with Gasteiger partial charge in [-0.05, 0) is 24.1 Å². The van der Waals surface area contributed by atoms with Crippen molar-refractivity contribution in [2.45, 2.75) is 26.3 Å². The molecule has 4 N–H and O–H groups in total. The Kier molecular flexibility index (Phi) is 10.4. The van der Waals surface area contributed by atoms with Crippen molar-refractivity contribution in [3.63, 3.8) is 0 Å². The zero-order valence-electron chi connectivity index (χ0n) is 12.4. The number of ether oxygens (including phenoxy) is 1. The summed E-state index contributed by atoms with van der Waals surface area (Å²) in [4.78, 5) is 15.3. The molecular formula is C14H23IN4O2. The van der Waals surface area contributed by atoms with Gasteiger partial charge in [0.25, 0.3) is 0 Å². The molecule has 1 aromatic rings. The SMILES string of the molecule is CCCCNC(N)=NCc1ccc(NC(=O)OC)cc1.I. The Morgan fingerprint density at radius 3 is 2.57 bits per heavy atom. The fourth-order valence-electron chi connectivity index (χ4n) is 1.49. The maximum atomic E-state index is 11.0. The Balaban J connectivity index is 0.00000400. The molecule has 1 amide bonds. The lowest BCUT2D eigenvalue weighted by molar-refractivity contribution is 0.187. The molecule has 0 aromatic heterocycles. The van der Waals surface area contributed by atoms with Crippen molar-refractivity contribution >= 4 is 41.7 Å². The minimum absolute atomic E-state index is 0. The number of benzene rings is 1. The summed E-state index contributed by atoms with van der Waals surface area (Å²) in [5, 5.41) is 5.64. The van der Waals surface area contributed by atoms with Crippen LogP contribution in [-0.2, 0) is 11.3 Å². The van der Waals surface area contributed by atoms with E-state index in [1.807, 2.05) is 12.1 Å². The van der Waals surface area contributed by atoms with Gasteiger partial charge in [0.1, 0.15) is 0 Å². The Morgan fingerprint density at radius 1 is 1.33 bits per heavy atom. The van der Waals surface area contributed by atoms with E-state index in [1.54, 1.807) is 12.1 Å². The number of unbranched alkanes of at least 4 members (excludes halogenated alkanes) is 1. The number of nitrogens with two attached hydrogens (primary N) is 1. The number of hydrogen-bond donors (Lipinski definition) is 3. The van der Waals surface area contributed by atoms with Crippen LogP contribution in [0.3, 0.4) is 0 Å². The Morgan fingerprint density at radius 2 is 2.00 bits per heavy atom. The second-order valence-electron chi connectivity index (χ2n) is 4.30. The minimum Gasteiger partial charge on any atom is -0.453 e. The van der Waals surface area contributed by atoms with Crippen molar-refractivity contribution in [1.82, 2.24) is 5.32 Å². The molecule has 0 heterocycles. The van der Waals surface area contributed by atoms with Crippen LogP contribution in [0.25, 0.3) is 0 Å². The number of carbonyl (C=O) groups excluding carboxylic acids is 1. The summed E-state index contributed by atoms with van der Waals surface area (Å²) in [6.07, 6.45) is 1.71. The molecule has 0 radical (unpaired) electrons. The summed E-state index contributed by atoms with van der Waals surface area (Å²) in [6, 6.07) is 7.35. The maximum Gasteiger partial charge on any atom is 0.411 e. The predicted molar refractivity (Wildman–Crippen MR) is 96.1 cm³/mol. The van der Waals surface area contributed by atoms with Gasteiger partial charge in [-0.25, -0.2) is 9.79 Å². The number of anilines is 1. The van der Waals surface area contributed by atoms with Crippen molar-refractivity contribution in [2.24, 2.45) is 10.7 Å². The van der Waals surface area contributed by atoms with Crippen LogP contribution in [0.4, 0.5) is 10.5 Å². The molecule has 0 saturated heterocycles. The highest BCUT2D eigenvalue weighted by Gasteiger charge is 2.00. The molecule has 0 spiro atoms. The minimum atomic E-state index is -0.486. The van der Waals surface area contributed by atoms with E-state index in [4.69, 9.17) is 5.73 Å². The number of aliphatic imine (C=N–C) groups is 1. The first kappa shape index (κ1) is 19.5. The number of rotatable bonds is 6. The summed E-state index contributed by atoms with van der Waals surface area (Å²) in [5.74, 6) is 0.454. The van der Waals surface area contributed by atoms with E-state index >= 15 is 0 Å². The molecule has 0 unspecified atom stereocenters. The van der Waals surface area contributed by atoms with Gasteiger partial charge in [-0.1, -0.05) is 25.5 Å². The molecule has 1 rings (SSSR count). The third-order valence-electron chi connectivity index (χ3n) is 2.65. The number of methoxy groups -OCH3 is 1. The lowest BCUT2D eigenvalue weighted by atomic mass is 10.2. The summed E-state index contributed by atoms with van der Waals surface area (Å²) in [7, 11) is 1.33. The zero-order valence-corrected chi connectivity index (χ0v) is 14.7. The van der Waals surface area contributed by atoms with Crippen molar-refractivity contribution in [1.29, 1.82) is 0 Å². The molecule has 0 aliphatic rings. The molecule has 0 fully saturated rings. The van der Waals surface area contributed by atoms with Crippen molar-refractivity contribution in [3.05, 3.63) is 29.8 Å². The van der Waals surface area contributed by atoms with Crippen LogP contribution in [0.1, 0.15) is 25.3 Å². The van der Waals surface area contributed by atoms with E-state index in [0.717, 1.165) is 24.9 Å². The van der Waals surface area contributed by atoms with E-state index in [-0.39, 0.29) is 24.0 Å². The molecule has 0 bridgehead atoms. The van der Waals surface area contributed by atoms with Crippen LogP contribution in [0.15, 0.2) is 29.3 Å². The number of halogens is 1. The monoisotopic (exact) mass is 406 g/mol. The third kappa shape index (κ3) is 8.38. The predicted octanol–water partition coefficient (Wildman–Crippen LogP) is 2.69. The van der Waals surface area contributed by atoms with Crippen LogP contribution in [0.5, 0.6) is 0 Å². The largest absolute Gasteiger partial charge is 0.453 e. The number of guanidine groups is 1. The van der Waals surface area contributed by atoms with Gasteiger partial charge in [0.15, 0.2) is 5.96 Å². The fraction of sp³-hybridized carbons (Fsp3) is 0.429. The van der Waals surface area contributed by atoms with Crippen molar-refractivity contribution < 1.29 is 9.53 Å². The van der Waals surface area contributed by atoms with Gasteiger partial charge in [-0.3, -0.25) is 5.32 Å². The molecule has 0 saturated carbocycles. The second kappa shape index (κ2) is 11.2. The van der Waals surface area contributed by atoms with Crippen LogP contribution in [0.2, 0.25) is 0 Å². The molecule has 1 aromatic carbocycles.